The van der Waals surface area contributed by atoms with Crippen molar-refractivity contribution in [3.63, 3.8) is 0 Å². The van der Waals surface area contributed by atoms with Gasteiger partial charge in [-0.2, -0.15) is 13.2 Å². The summed E-state index contributed by atoms with van der Waals surface area (Å²) in [5.41, 5.74) is 0. The highest BCUT2D eigenvalue weighted by molar-refractivity contribution is 7.89. The molecule has 0 heterocycles. The van der Waals surface area contributed by atoms with Gasteiger partial charge < -0.3 is 15.3 Å². The van der Waals surface area contributed by atoms with Gasteiger partial charge in [-0.1, -0.05) is 0 Å². The molecule has 0 bridgehead atoms. The Kier molecular flexibility index (Phi) is 6.90. The molecule has 0 aromatic rings. The van der Waals surface area contributed by atoms with Crippen molar-refractivity contribution in [3.05, 3.63) is 0 Å². The summed E-state index contributed by atoms with van der Waals surface area (Å²) in [6.07, 6.45) is -4.76. The van der Waals surface area contributed by atoms with Crippen LogP contribution in [0.15, 0.2) is 0 Å². The highest BCUT2D eigenvalue weighted by atomic mass is 32.2. The third-order valence-electron chi connectivity index (χ3n) is 2.18. The molecular formula is C9H16F3N3O5S. The molecule has 124 valence electrons. The lowest BCUT2D eigenvalue weighted by Crippen LogP contribution is -2.48. The van der Waals surface area contributed by atoms with E-state index in [2.05, 4.69) is 0 Å². The second-order valence-corrected chi connectivity index (χ2v) is 6.50. The zero-order chi connectivity index (χ0) is 16.8. The van der Waals surface area contributed by atoms with E-state index in [9.17, 15) is 31.2 Å². The number of carbonyl (C=O) groups is 2. The standard InChI is InChI=1S/C9H16F3N3O5S/c1-14(2)21(19,20)4-3-13-8(18)15(5-7(16)17)6-9(10,11)12/h3-6H2,1-2H3,(H,13,18)(H,16,17). The number of hydrogen-bond donors (Lipinski definition) is 2. The van der Waals surface area contributed by atoms with Crippen LogP contribution in [0.5, 0.6) is 0 Å². The first-order valence-corrected chi connectivity index (χ1v) is 7.17. The third-order valence-corrected chi connectivity index (χ3v) is 4.01. The Balaban J connectivity index is 4.59. The van der Waals surface area contributed by atoms with Crippen molar-refractivity contribution in [3.8, 4) is 0 Å². The molecular weight excluding hydrogens is 319 g/mol. The fourth-order valence-electron chi connectivity index (χ4n) is 1.16. The van der Waals surface area contributed by atoms with Gasteiger partial charge >= 0.3 is 18.2 Å². The number of carboxylic acid groups (broad SMARTS) is 1. The molecule has 0 radical (unpaired) electrons. The number of alkyl halides is 3. The fraction of sp³-hybridized carbons (Fsp3) is 0.778. The summed E-state index contributed by atoms with van der Waals surface area (Å²) >= 11 is 0. The van der Waals surface area contributed by atoms with Crippen LogP contribution >= 0.6 is 0 Å². The van der Waals surface area contributed by atoms with E-state index in [1.807, 2.05) is 5.32 Å². The van der Waals surface area contributed by atoms with Gasteiger partial charge in [0.05, 0.1) is 5.75 Å². The van der Waals surface area contributed by atoms with Gasteiger partial charge in [0.1, 0.15) is 13.1 Å². The van der Waals surface area contributed by atoms with Crippen molar-refractivity contribution in [1.29, 1.82) is 0 Å². The normalized spacial score (nSPS) is 12.3. The lowest BCUT2D eigenvalue weighted by molar-refractivity contribution is -0.148. The van der Waals surface area contributed by atoms with E-state index in [1.54, 1.807) is 0 Å². The molecule has 0 aliphatic carbocycles. The van der Waals surface area contributed by atoms with Crippen molar-refractivity contribution >= 4 is 22.0 Å². The van der Waals surface area contributed by atoms with E-state index < -0.39 is 53.6 Å². The number of hydrogen-bond acceptors (Lipinski definition) is 4. The lowest BCUT2D eigenvalue weighted by Gasteiger charge is -2.22. The SMILES string of the molecule is CN(C)S(=O)(=O)CCNC(=O)N(CC(=O)O)CC(F)(F)F. The number of sulfonamides is 1. The van der Waals surface area contributed by atoms with Crippen molar-refractivity contribution in [1.82, 2.24) is 14.5 Å². The minimum absolute atomic E-state index is 0.0324. The number of carbonyl (C=O) groups excluding carboxylic acids is 1. The topological polar surface area (TPSA) is 107 Å². The van der Waals surface area contributed by atoms with E-state index in [-0.39, 0.29) is 4.90 Å². The molecule has 0 spiro atoms. The molecule has 8 nitrogen and oxygen atoms in total. The summed E-state index contributed by atoms with van der Waals surface area (Å²) in [7, 11) is -1.09. The number of carboxylic acids is 1. The number of amides is 2. The first-order chi connectivity index (χ1) is 9.35. The van der Waals surface area contributed by atoms with Gasteiger partial charge in [-0.05, 0) is 0 Å². The molecule has 2 amide bonds. The molecule has 0 saturated carbocycles. The van der Waals surface area contributed by atoms with Crippen LogP contribution in [0.25, 0.3) is 0 Å². The van der Waals surface area contributed by atoms with E-state index >= 15 is 0 Å². The predicted molar refractivity (Wildman–Crippen MR) is 66.1 cm³/mol. The quantitative estimate of drug-likeness (QED) is 0.654. The number of aliphatic carboxylic acids is 1. The van der Waals surface area contributed by atoms with Gasteiger partial charge in [-0.25, -0.2) is 17.5 Å². The van der Waals surface area contributed by atoms with Crippen molar-refractivity contribution in [2.45, 2.75) is 6.18 Å². The third kappa shape index (κ3) is 8.34. The van der Waals surface area contributed by atoms with Crippen LogP contribution in [-0.4, -0.2) is 80.4 Å². The van der Waals surface area contributed by atoms with Crippen LogP contribution in [0.1, 0.15) is 0 Å². The summed E-state index contributed by atoms with van der Waals surface area (Å²) in [6, 6.07) is -1.30. The van der Waals surface area contributed by atoms with E-state index in [1.165, 1.54) is 14.1 Å². The number of rotatable bonds is 7. The Hall–Kier alpha value is -1.56. The summed E-state index contributed by atoms with van der Waals surface area (Å²) < 4.78 is 60.3. The Morgan fingerprint density at radius 1 is 1.24 bits per heavy atom. The van der Waals surface area contributed by atoms with Crippen LogP contribution in [-0.2, 0) is 14.8 Å². The lowest BCUT2D eigenvalue weighted by atomic mass is 10.4. The molecule has 0 aromatic heterocycles. The molecule has 0 aliphatic rings. The van der Waals surface area contributed by atoms with Crippen molar-refractivity contribution in [2.24, 2.45) is 0 Å². The molecule has 0 fully saturated rings. The number of urea groups is 1. The zero-order valence-electron chi connectivity index (χ0n) is 11.3. The van der Waals surface area contributed by atoms with Crippen LogP contribution in [0.4, 0.5) is 18.0 Å². The summed E-state index contributed by atoms with van der Waals surface area (Å²) in [4.78, 5) is 21.9. The minimum Gasteiger partial charge on any atom is -0.480 e. The van der Waals surface area contributed by atoms with Gasteiger partial charge in [0, 0.05) is 20.6 Å². The van der Waals surface area contributed by atoms with Gasteiger partial charge in [0.15, 0.2) is 0 Å². The fourth-order valence-corrected chi connectivity index (χ4v) is 1.89. The van der Waals surface area contributed by atoms with Gasteiger partial charge in [0.2, 0.25) is 10.0 Å². The molecule has 0 atom stereocenters. The second-order valence-electron chi connectivity index (χ2n) is 4.20. The van der Waals surface area contributed by atoms with E-state index in [0.717, 1.165) is 4.31 Å². The molecule has 0 aromatic carbocycles. The van der Waals surface area contributed by atoms with Crippen LogP contribution in [0.2, 0.25) is 0 Å². The maximum Gasteiger partial charge on any atom is 0.406 e. The molecule has 21 heavy (non-hydrogen) atoms. The molecule has 0 aliphatic heterocycles. The van der Waals surface area contributed by atoms with Crippen LogP contribution < -0.4 is 5.32 Å². The van der Waals surface area contributed by atoms with E-state index in [4.69, 9.17) is 5.11 Å². The average Bonchev–Trinajstić information content (AvgIpc) is 2.24. The Morgan fingerprint density at radius 3 is 2.14 bits per heavy atom. The molecule has 12 heteroatoms. The molecule has 0 unspecified atom stereocenters. The first-order valence-electron chi connectivity index (χ1n) is 5.56. The summed E-state index contributed by atoms with van der Waals surface area (Å²) in [6.45, 7) is -3.33. The van der Waals surface area contributed by atoms with Crippen molar-refractivity contribution < 1.29 is 36.3 Å². The highest BCUT2D eigenvalue weighted by Crippen LogP contribution is 2.16. The van der Waals surface area contributed by atoms with Gasteiger partial charge in [0.25, 0.3) is 0 Å². The zero-order valence-corrected chi connectivity index (χ0v) is 12.2. The Bertz CT molecular complexity index is 478. The minimum atomic E-state index is -4.76. The average molecular weight is 335 g/mol. The predicted octanol–water partition coefficient (Wildman–Crippen LogP) is -0.464. The number of halogens is 3. The van der Waals surface area contributed by atoms with Crippen molar-refractivity contribution in [2.75, 3.05) is 39.5 Å². The smallest absolute Gasteiger partial charge is 0.406 e. The maximum atomic E-state index is 12.2. The van der Waals surface area contributed by atoms with Crippen LogP contribution in [0, 0.1) is 0 Å². The number of nitrogens with one attached hydrogen (secondary N) is 1. The molecule has 0 saturated heterocycles. The monoisotopic (exact) mass is 335 g/mol. The van der Waals surface area contributed by atoms with Gasteiger partial charge in [-0.3, -0.25) is 4.79 Å². The van der Waals surface area contributed by atoms with Gasteiger partial charge in [-0.15, -0.1) is 0 Å². The maximum absolute atomic E-state index is 12.2. The van der Waals surface area contributed by atoms with E-state index in [0.29, 0.717) is 0 Å². The van der Waals surface area contributed by atoms with Crippen LogP contribution in [0.3, 0.4) is 0 Å². The second kappa shape index (κ2) is 7.45. The molecule has 2 N–H and O–H groups in total. The molecule has 0 rings (SSSR count). The first kappa shape index (κ1) is 19.4. The largest absolute Gasteiger partial charge is 0.480 e. The highest BCUT2D eigenvalue weighted by Gasteiger charge is 2.34. The number of nitrogens with zero attached hydrogens (tertiary/aromatic N) is 2. The summed E-state index contributed by atoms with van der Waals surface area (Å²) in [5.74, 6) is -2.13. The summed E-state index contributed by atoms with van der Waals surface area (Å²) in [5, 5.41) is 10.4. The Morgan fingerprint density at radius 2 is 1.76 bits per heavy atom. The Labute approximate surface area is 119 Å².